The van der Waals surface area contributed by atoms with Crippen LogP contribution in [0.4, 0.5) is 22.4 Å². The SMILES string of the molecule is CCn1cc(-c2cc(Cn3ccn(C)/c3=N/C(=O)OC(C)(C)C)cc3c2OC[C@H](Cc2ccc(F)c(OCC(=O)O)c2)C3=O)c(C(F)(F)F)n1. The number of hydrogen-bond donors (Lipinski definition) is 1. The number of rotatable bonds is 9. The Morgan fingerprint density at radius 1 is 1.08 bits per heavy atom. The predicted octanol–water partition coefficient (Wildman–Crippen LogP) is 5.65. The number of benzene rings is 2. The maximum Gasteiger partial charge on any atom is 0.437 e. The third kappa shape index (κ3) is 8.06. The van der Waals surface area contributed by atoms with Crippen LogP contribution in [0.2, 0.25) is 0 Å². The Morgan fingerprint density at radius 3 is 2.46 bits per heavy atom. The van der Waals surface area contributed by atoms with Gasteiger partial charge >= 0.3 is 18.2 Å². The van der Waals surface area contributed by atoms with Crippen LogP contribution in [0.3, 0.4) is 0 Å². The van der Waals surface area contributed by atoms with Crippen LogP contribution in [0.5, 0.6) is 11.5 Å². The number of alkyl halides is 3. The Morgan fingerprint density at radius 2 is 1.80 bits per heavy atom. The van der Waals surface area contributed by atoms with Gasteiger partial charge in [-0.1, -0.05) is 6.07 Å². The standard InChI is InChI=1S/C34H35F4N5O7/c1-6-43-16-24(30(40-43)34(36,37)38)22-12-20(15-42-10-9-41(5)31(42)39-32(47)50-33(2,3)4)13-23-28(46)21(17-49-29(22)23)11-19-7-8-25(35)26(14-19)48-18-27(44)45/h7-10,12-14,16,21H,6,11,15,17-18H2,1-5H3,(H,44,45)/b39-31-/t21-/m0/s1. The molecule has 1 N–H and O–H groups in total. The molecule has 0 saturated carbocycles. The molecule has 5 rings (SSSR count). The summed E-state index contributed by atoms with van der Waals surface area (Å²) in [6.07, 6.45) is -1.12. The van der Waals surface area contributed by atoms with Crippen molar-refractivity contribution in [1.29, 1.82) is 0 Å². The molecular formula is C34H35F4N5O7. The van der Waals surface area contributed by atoms with Gasteiger partial charge in [0.2, 0.25) is 5.62 Å². The van der Waals surface area contributed by atoms with E-state index in [4.69, 9.17) is 19.3 Å². The van der Waals surface area contributed by atoms with Crippen LogP contribution >= 0.6 is 0 Å². The molecular weight excluding hydrogens is 666 g/mol. The third-order valence-electron chi connectivity index (χ3n) is 7.67. The number of ketones is 1. The van der Waals surface area contributed by atoms with E-state index in [1.807, 2.05) is 0 Å². The second kappa shape index (κ2) is 13.8. The van der Waals surface area contributed by atoms with E-state index in [-0.39, 0.29) is 59.9 Å². The zero-order valence-electron chi connectivity index (χ0n) is 27.9. The second-order valence-electron chi connectivity index (χ2n) is 12.7. The molecule has 0 radical (unpaired) electrons. The van der Waals surface area contributed by atoms with E-state index in [1.54, 1.807) is 56.3 Å². The number of carboxylic acids is 1. The fourth-order valence-corrected chi connectivity index (χ4v) is 5.49. The van der Waals surface area contributed by atoms with Crippen molar-refractivity contribution >= 4 is 17.8 Å². The van der Waals surface area contributed by atoms with Crippen molar-refractivity contribution < 1.29 is 51.3 Å². The molecule has 0 fully saturated rings. The Hall–Kier alpha value is -5.41. The number of amides is 1. The molecule has 1 atom stereocenters. The Bertz CT molecular complexity index is 2020. The highest BCUT2D eigenvalue weighted by Crippen LogP contribution is 2.44. The molecule has 1 amide bonds. The lowest BCUT2D eigenvalue weighted by Gasteiger charge is -2.27. The molecule has 12 nitrogen and oxygen atoms in total. The lowest BCUT2D eigenvalue weighted by molar-refractivity contribution is -0.141. The van der Waals surface area contributed by atoms with Gasteiger partial charge in [-0.25, -0.2) is 14.0 Å². The van der Waals surface area contributed by atoms with Crippen LogP contribution in [-0.4, -0.2) is 60.7 Å². The lowest BCUT2D eigenvalue weighted by Crippen LogP contribution is -2.31. The summed E-state index contributed by atoms with van der Waals surface area (Å²) in [6, 6.07) is 6.81. The number of fused-ring (bicyclic) bond motifs is 1. The normalized spacial score (nSPS) is 15.1. The highest BCUT2D eigenvalue weighted by molar-refractivity contribution is 6.04. The number of Topliss-reactive ketones (excluding diaryl/α,β-unsaturated/α-hetero) is 1. The first-order valence-electron chi connectivity index (χ1n) is 15.5. The highest BCUT2D eigenvalue weighted by atomic mass is 19.4. The second-order valence-corrected chi connectivity index (χ2v) is 12.7. The van der Waals surface area contributed by atoms with Gasteiger partial charge in [-0.2, -0.15) is 18.3 Å². The quantitative estimate of drug-likeness (QED) is 0.221. The fourth-order valence-electron chi connectivity index (χ4n) is 5.49. The molecule has 1 aliphatic rings. The van der Waals surface area contributed by atoms with Crippen molar-refractivity contribution in [2.75, 3.05) is 13.2 Å². The number of aliphatic carboxylic acids is 1. The van der Waals surface area contributed by atoms with Crippen molar-refractivity contribution in [3.05, 3.63) is 82.7 Å². The topological polar surface area (TPSA) is 139 Å². The first kappa shape index (κ1) is 35.9. The molecule has 1 aliphatic heterocycles. The predicted molar refractivity (Wildman–Crippen MR) is 169 cm³/mol. The van der Waals surface area contributed by atoms with Gasteiger partial charge in [0.15, 0.2) is 29.7 Å². The van der Waals surface area contributed by atoms with Gasteiger partial charge in [0.1, 0.15) is 11.4 Å². The molecule has 0 aliphatic carbocycles. The van der Waals surface area contributed by atoms with Crippen molar-refractivity contribution in [3.8, 4) is 22.6 Å². The number of carbonyl (C=O) groups excluding carboxylic acids is 2. The molecule has 0 saturated heterocycles. The summed E-state index contributed by atoms with van der Waals surface area (Å²) in [7, 11) is 1.66. The summed E-state index contributed by atoms with van der Waals surface area (Å²) in [4.78, 5) is 41.6. The maximum absolute atomic E-state index is 14.3. The number of carboxylic acid groups (broad SMARTS) is 1. The van der Waals surface area contributed by atoms with E-state index in [9.17, 15) is 31.9 Å². The fraction of sp³-hybridized carbons (Fsp3) is 0.382. The minimum absolute atomic E-state index is 0.00428. The molecule has 266 valence electrons. The number of aromatic nitrogens is 4. The summed E-state index contributed by atoms with van der Waals surface area (Å²) < 4.78 is 77.8. The lowest BCUT2D eigenvalue weighted by atomic mass is 9.86. The van der Waals surface area contributed by atoms with Crippen molar-refractivity contribution in [1.82, 2.24) is 18.9 Å². The van der Waals surface area contributed by atoms with Gasteiger partial charge in [0.25, 0.3) is 0 Å². The minimum Gasteiger partial charge on any atom is -0.491 e. The van der Waals surface area contributed by atoms with Gasteiger partial charge in [0.05, 0.1) is 24.6 Å². The Kier molecular flexibility index (Phi) is 9.93. The largest absolute Gasteiger partial charge is 0.491 e. The van der Waals surface area contributed by atoms with E-state index < -0.39 is 53.7 Å². The smallest absolute Gasteiger partial charge is 0.437 e. The number of halogens is 4. The van der Waals surface area contributed by atoms with E-state index in [0.29, 0.717) is 11.1 Å². The van der Waals surface area contributed by atoms with Crippen LogP contribution < -0.4 is 15.1 Å². The van der Waals surface area contributed by atoms with E-state index in [1.165, 1.54) is 30.5 Å². The number of ether oxygens (including phenoxy) is 3. The molecule has 0 unspecified atom stereocenters. The van der Waals surface area contributed by atoms with Crippen LogP contribution in [0.1, 0.15) is 54.9 Å². The average Bonchev–Trinajstić information content (AvgIpc) is 3.61. The number of hydrogen-bond acceptors (Lipinski definition) is 7. The third-order valence-corrected chi connectivity index (χ3v) is 7.67. The van der Waals surface area contributed by atoms with Crippen LogP contribution in [0, 0.1) is 11.7 Å². The van der Waals surface area contributed by atoms with Gasteiger partial charge in [-0.15, -0.1) is 4.99 Å². The molecule has 4 aromatic rings. The minimum atomic E-state index is -4.82. The molecule has 2 aromatic carbocycles. The van der Waals surface area contributed by atoms with Crippen LogP contribution in [0.25, 0.3) is 11.1 Å². The van der Waals surface area contributed by atoms with Crippen LogP contribution in [-0.2, 0) is 42.3 Å². The zero-order chi connectivity index (χ0) is 36.5. The molecule has 3 heterocycles. The summed E-state index contributed by atoms with van der Waals surface area (Å²) in [5.74, 6) is -3.70. The molecule has 16 heteroatoms. The first-order chi connectivity index (χ1) is 23.4. The van der Waals surface area contributed by atoms with Gasteiger partial charge in [0, 0.05) is 43.3 Å². The highest BCUT2D eigenvalue weighted by Gasteiger charge is 2.40. The Balaban J connectivity index is 1.59. The van der Waals surface area contributed by atoms with Crippen molar-refractivity contribution in [2.45, 2.75) is 59.0 Å². The maximum atomic E-state index is 14.3. The van der Waals surface area contributed by atoms with Gasteiger partial charge < -0.3 is 28.5 Å². The first-order valence-corrected chi connectivity index (χ1v) is 15.5. The number of carbonyl (C=O) groups is 3. The average molecular weight is 702 g/mol. The molecule has 2 aromatic heterocycles. The summed E-state index contributed by atoms with van der Waals surface area (Å²) in [6.45, 7) is 5.89. The molecule has 0 spiro atoms. The molecule has 50 heavy (non-hydrogen) atoms. The van der Waals surface area contributed by atoms with Gasteiger partial charge in [-0.05, 0) is 69.5 Å². The Labute approximate surface area is 283 Å². The number of aryl methyl sites for hydroxylation is 2. The number of imidazole rings is 1. The summed E-state index contributed by atoms with van der Waals surface area (Å²) in [5.41, 5.74) is -1.17. The molecule has 0 bridgehead atoms. The monoisotopic (exact) mass is 701 g/mol. The zero-order valence-corrected chi connectivity index (χ0v) is 27.9. The van der Waals surface area contributed by atoms with Gasteiger partial charge in [-0.3, -0.25) is 9.48 Å². The van der Waals surface area contributed by atoms with E-state index >= 15 is 0 Å². The summed E-state index contributed by atoms with van der Waals surface area (Å²) >= 11 is 0. The van der Waals surface area contributed by atoms with Crippen molar-refractivity contribution in [2.24, 2.45) is 18.0 Å². The summed E-state index contributed by atoms with van der Waals surface area (Å²) in [5, 5.41) is 12.7. The van der Waals surface area contributed by atoms with E-state index in [0.717, 1.165) is 10.7 Å². The van der Waals surface area contributed by atoms with Crippen molar-refractivity contribution in [3.63, 3.8) is 0 Å². The number of nitrogens with zero attached hydrogens (tertiary/aromatic N) is 5. The van der Waals surface area contributed by atoms with Crippen LogP contribution in [0.15, 0.2) is 53.9 Å². The van der Waals surface area contributed by atoms with E-state index in [2.05, 4.69) is 10.1 Å².